The lowest BCUT2D eigenvalue weighted by molar-refractivity contribution is 0.415. The second-order valence-corrected chi connectivity index (χ2v) is 6.69. The molecule has 4 aromatic rings. The van der Waals surface area contributed by atoms with Gasteiger partial charge >= 0.3 is 0 Å². The molecular formula is C19H15N3O2S. The summed E-state index contributed by atoms with van der Waals surface area (Å²) in [6.45, 7) is 2.03. The molecule has 0 saturated heterocycles. The zero-order valence-corrected chi connectivity index (χ0v) is 14.6. The molecule has 0 radical (unpaired) electrons. The van der Waals surface area contributed by atoms with E-state index in [1.54, 1.807) is 7.11 Å². The van der Waals surface area contributed by atoms with E-state index in [-0.39, 0.29) is 5.56 Å². The number of nitrogens with zero attached hydrogens (tertiary/aromatic N) is 3. The van der Waals surface area contributed by atoms with Crippen LogP contribution in [-0.4, -0.2) is 21.7 Å². The van der Waals surface area contributed by atoms with Crippen LogP contribution in [0.1, 0.15) is 11.1 Å². The van der Waals surface area contributed by atoms with Gasteiger partial charge < -0.3 is 4.74 Å². The summed E-state index contributed by atoms with van der Waals surface area (Å²) in [4.78, 5) is 17.7. The van der Waals surface area contributed by atoms with Gasteiger partial charge in [-0.1, -0.05) is 53.3 Å². The Balaban J connectivity index is 1.76. The maximum atomic E-state index is 12.6. The number of ether oxygens (including phenoxy) is 1. The molecular weight excluding hydrogens is 334 g/mol. The van der Waals surface area contributed by atoms with Crippen LogP contribution in [0.2, 0.25) is 0 Å². The van der Waals surface area contributed by atoms with Crippen LogP contribution in [0.4, 0.5) is 0 Å². The third-order valence-corrected chi connectivity index (χ3v) is 4.86. The summed E-state index contributed by atoms with van der Waals surface area (Å²) in [5.74, 6) is 1.35. The fourth-order valence-electron chi connectivity index (χ4n) is 2.51. The summed E-state index contributed by atoms with van der Waals surface area (Å²) >= 11 is 1.34. The molecule has 2 heterocycles. The van der Waals surface area contributed by atoms with Gasteiger partial charge in [0.2, 0.25) is 4.96 Å². The Bertz CT molecular complexity index is 1140. The first-order chi connectivity index (χ1) is 12.1. The van der Waals surface area contributed by atoms with Crippen LogP contribution >= 0.6 is 11.3 Å². The van der Waals surface area contributed by atoms with Crippen LogP contribution in [0.15, 0.2) is 53.3 Å². The largest absolute Gasteiger partial charge is 0.497 e. The number of aryl methyl sites for hydroxylation is 1. The van der Waals surface area contributed by atoms with Gasteiger partial charge in [-0.3, -0.25) is 4.79 Å². The van der Waals surface area contributed by atoms with Crippen molar-refractivity contribution >= 4 is 22.4 Å². The Hall–Kier alpha value is -2.99. The van der Waals surface area contributed by atoms with Crippen LogP contribution in [0.25, 0.3) is 22.4 Å². The highest BCUT2D eigenvalue weighted by molar-refractivity contribution is 7.15. The van der Waals surface area contributed by atoms with E-state index in [9.17, 15) is 4.79 Å². The van der Waals surface area contributed by atoms with Crippen molar-refractivity contribution in [3.8, 4) is 17.1 Å². The zero-order chi connectivity index (χ0) is 17.4. The lowest BCUT2D eigenvalue weighted by Crippen LogP contribution is -2.23. The third kappa shape index (κ3) is 2.92. The number of fused-ring (bicyclic) bond motifs is 1. The van der Waals surface area contributed by atoms with Gasteiger partial charge in [0, 0.05) is 5.56 Å². The van der Waals surface area contributed by atoms with Crippen LogP contribution in [0.3, 0.4) is 0 Å². The monoisotopic (exact) mass is 349 g/mol. The molecule has 0 aliphatic carbocycles. The predicted octanol–water partition coefficient (Wildman–Crippen LogP) is 2.68. The zero-order valence-electron chi connectivity index (χ0n) is 13.8. The van der Waals surface area contributed by atoms with Gasteiger partial charge in [0.15, 0.2) is 5.82 Å². The summed E-state index contributed by atoms with van der Waals surface area (Å²) in [6, 6.07) is 15.5. The van der Waals surface area contributed by atoms with Crippen molar-refractivity contribution in [2.45, 2.75) is 6.92 Å². The Kier molecular flexibility index (Phi) is 3.82. The summed E-state index contributed by atoms with van der Waals surface area (Å²) in [6.07, 6.45) is 1.84. The van der Waals surface area contributed by atoms with Gasteiger partial charge in [-0.15, -0.1) is 5.10 Å². The van der Waals surface area contributed by atoms with E-state index in [4.69, 9.17) is 4.74 Å². The first-order valence-electron chi connectivity index (χ1n) is 7.76. The Morgan fingerprint density at radius 1 is 1.08 bits per heavy atom. The van der Waals surface area contributed by atoms with Crippen molar-refractivity contribution in [1.29, 1.82) is 0 Å². The van der Waals surface area contributed by atoms with Crippen molar-refractivity contribution < 1.29 is 4.74 Å². The van der Waals surface area contributed by atoms with Crippen molar-refractivity contribution in [3.05, 3.63) is 74.5 Å². The predicted molar refractivity (Wildman–Crippen MR) is 99.1 cm³/mol. The van der Waals surface area contributed by atoms with Crippen LogP contribution in [0.5, 0.6) is 5.75 Å². The second kappa shape index (κ2) is 6.14. The minimum atomic E-state index is -0.151. The summed E-state index contributed by atoms with van der Waals surface area (Å²) in [5, 5.41) is 4.37. The molecule has 2 aromatic heterocycles. The summed E-state index contributed by atoms with van der Waals surface area (Å²) in [7, 11) is 1.63. The van der Waals surface area contributed by atoms with E-state index in [1.807, 2.05) is 61.5 Å². The molecule has 4 rings (SSSR count). The fourth-order valence-corrected chi connectivity index (χ4v) is 3.42. The van der Waals surface area contributed by atoms with Gasteiger partial charge in [0.25, 0.3) is 5.56 Å². The molecule has 0 aliphatic rings. The quantitative estimate of drug-likeness (QED) is 0.571. The number of methoxy groups -OCH3 is 1. The highest BCUT2D eigenvalue weighted by Gasteiger charge is 2.11. The molecule has 0 aliphatic heterocycles. The van der Waals surface area contributed by atoms with E-state index in [0.29, 0.717) is 15.3 Å². The lowest BCUT2D eigenvalue weighted by Gasteiger charge is -1.98. The molecule has 124 valence electrons. The second-order valence-electron chi connectivity index (χ2n) is 5.68. The van der Waals surface area contributed by atoms with Crippen molar-refractivity contribution in [2.75, 3.05) is 7.11 Å². The van der Waals surface area contributed by atoms with Crippen LogP contribution < -0.4 is 14.8 Å². The maximum Gasteiger partial charge on any atom is 0.291 e. The summed E-state index contributed by atoms with van der Waals surface area (Å²) < 4.78 is 7.12. The number of aromatic nitrogens is 3. The Morgan fingerprint density at radius 2 is 1.80 bits per heavy atom. The first-order valence-corrected chi connectivity index (χ1v) is 8.58. The minimum Gasteiger partial charge on any atom is -0.497 e. The summed E-state index contributed by atoms with van der Waals surface area (Å²) in [5.41, 5.74) is 2.86. The average molecular weight is 349 g/mol. The molecule has 0 unspecified atom stereocenters. The highest BCUT2D eigenvalue weighted by Crippen LogP contribution is 2.17. The van der Waals surface area contributed by atoms with E-state index in [0.717, 1.165) is 16.9 Å². The molecule has 5 nitrogen and oxygen atoms in total. The fraction of sp³-hybridized carbons (Fsp3) is 0.105. The minimum absolute atomic E-state index is 0.151. The molecule has 25 heavy (non-hydrogen) atoms. The number of thiazole rings is 1. The number of hydrogen-bond donors (Lipinski definition) is 0. The lowest BCUT2D eigenvalue weighted by atomic mass is 10.1. The Morgan fingerprint density at radius 3 is 2.44 bits per heavy atom. The van der Waals surface area contributed by atoms with Gasteiger partial charge in [-0.2, -0.15) is 9.50 Å². The molecule has 0 fully saturated rings. The molecule has 0 amide bonds. The van der Waals surface area contributed by atoms with E-state index in [2.05, 4.69) is 10.1 Å². The van der Waals surface area contributed by atoms with Crippen molar-refractivity contribution in [3.63, 3.8) is 0 Å². The van der Waals surface area contributed by atoms with Gasteiger partial charge in [0.1, 0.15) is 5.75 Å². The molecule has 6 heteroatoms. The SMILES string of the molecule is COc1ccc(/C=c2\sc3nc(-c4ccc(C)cc4)nn3c2=O)cc1. The smallest absolute Gasteiger partial charge is 0.291 e. The molecule has 2 aromatic carbocycles. The maximum absolute atomic E-state index is 12.6. The first kappa shape index (κ1) is 15.5. The normalized spacial score (nSPS) is 12.0. The van der Waals surface area contributed by atoms with Crippen molar-refractivity contribution in [2.24, 2.45) is 0 Å². The number of rotatable bonds is 3. The number of benzene rings is 2. The van der Waals surface area contributed by atoms with Gasteiger partial charge in [-0.25, -0.2) is 0 Å². The van der Waals surface area contributed by atoms with Gasteiger partial charge in [0.05, 0.1) is 11.6 Å². The third-order valence-electron chi connectivity index (χ3n) is 3.91. The number of hydrogen-bond acceptors (Lipinski definition) is 5. The van der Waals surface area contributed by atoms with E-state index >= 15 is 0 Å². The molecule has 0 saturated carbocycles. The van der Waals surface area contributed by atoms with Gasteiger partial charge in [-0.05, 0) is 30.7 Å². The molecule has 0 spiro atoms. The van der Waals surface area contributed by atoms with E-state index < -0.39 is 0 Å². The topological polar surface area (TPSA) is 56.5 Å². The van der Waals surface area contributed by atoms with E-state index in [1.165, 1.54) is 21.4 Å². The molecule has 0 N–H and O–H groups in total. The Labute approximate surface area is 147 Å². The standard InChI is InChI=1S/C19H15N3O2S/c1-12-3-7-14(8-4-12)17-20-19-22(21-17)18(23)16(25-19)11-13-5-9-15(24-2)10-6-13/h3-11H,1-2H3/b16-11-. The molecule has 0 bridgehead atoms. The highest BCUT2D eigenvalue weighted by atomic mass is 32.1. The molecule has 0 atom stereocenters. The van der Waals surface area contributed by atoms with Crippen LogP contribution in [-0.2, 0) is 0 Å². The van der Waals surface area contributed by atoms with Crippen molar-refractivity contribution in [1.82, 2.24) is 14.6 Å². The average Bonchev–Trinajstić information content (AvgIpc) is 3.16. The van der Waals surface area contributed by atoms with Crippen LogP contribution in [0, 0.1) is 6.92 Å².